The van der Waals surface area contributed by atoms with Crippen LogP contribution in [0.15, 0.2) is 16.6 Å². The van der Waals surface area contributed by atoms with Crippen molar-refractivity contribution in [3.63, 3.8) is 0 Å². The quantitative estimate of drug-likeness (QED) is 0.834. The van der Waals surface area contributed by atoms with Gasteiger partial charge in [0.05, 0.1) is 17.8 Å². The highest BCUT2D eigenvalue weighted by molar-refractivity contribution is 9.10. The number of hydrogen-bond acceptors (Lipinski definition) is 3. The van der Waals surface area contributed by atoms with Crippen molar-refractivity contribution in [1.82, 2.24) is 0 Å². The predicted molar refractivity (Wildman–Crippen MR) is 76.1 cm³/mol. The molecule has 1 amide bonds. The van der Waals surface area contributed by atoms with Gasteiger partial charge in [0.1, 0.15) is 0 Å². The molecule has 0 fully saturated rings. The Hall–Kier alpha value is -1.56. The van der Waals surface area contributed by atoms with Crippen molar-refractivity contribution < 1.29 is 14.7 Å². The molecule has 0 saturated carbocycles. The normalized spacial score (nSPS) is 14.1. The van der Waals surface area contributed by atoms with Gasteiger partial charge in [0.2, 0.25) is 5.91 Å². The molecule has 5 nitrogen and oxygen atoms in total. The number of nitrogen functional groups attached to an aromatic ring is 1. The highest BCUT2D eigenvalue weighted by atomic mass is 79.9. The summed E-state index contributed by atoms with van der Waals surface area (Å²) in [5.74, 6) is -1.15. The standard InChI is InChI=1S/C13H15BrN2O3/c14-9-6-8-2-1-5-16(13(8)10(15)7-9)11(17)3-4-12(18)19/h6-7H,1-5,15H2,(H,18,19). The summed E-state index contributed by atoms with van der Waals surface area (Å²) in [6.07, 6.45) is 1.59. The lowest BCUT2D eigenvalue weighted by Crippen LogP contribution is -2.36. The molecule has 3 N–H and O–H groups in total. The van der Waals surface area contributed by atoms with Crippen LogP contribution in [-0.2, 0) is 16.0 Å². The Morgan fingerprint density at radius 2 is 2.11 bits per heavy atom. The molecule has 1 aliphatic heterocycles. The number of amides is 1. The summed E-state index contributed by atoms with van der Waals surface area (Å²) in [6, 6.07) is 3.73. The zero-order valence-corrected chi connectivity index (χ0v) is 11.9. The number of fused-ring (bicyclic) bond motifs is 1. The third kappa shape index (κ3) is 3.07. The van der Waals surface area contributed by atoms with Gasteiger partial charge in [-0.15, -0.1) is 0 Å². The molecule has 0 unspecified atom stereocenters. The van der Waals surface area contributed by atoms with Crippen LogP contribution in [0.4, 0.5) is 11.4 Å². The lowest BCUT2D eigenvalue weighted by atomic mass is 10.00. The fourth-order valence-corrected chi connectivity index (χ4v) is 2.86. The van der Waals surface area contributed by atoms with Crippen molar-refractivity contribution in [2.45, 2.75) is 25.7 Å². The fraction of sp³-hybridized carbons (Fsp3) is 0.385. The molecule has 1 aromatic carbocycles. The predicted octanol–water partition coefficient (Wildman–Crippen LogP) is 2.18. The zero-order chi connectivity index (χ0) is 14.0. The van der Waals surface area contributed by atoms with Gasteiger partial charge >= 0.3 is 5.97 Å². The minimum atomic E-state index is -0.964. The number of hydrogen-bond donors (Lipinski definition) is 2. The smallest absolute Gasteiger partial charge is 0.303 e. The summed E-state index contributed by atoms with van der Waals surface area (Å²) in [4.78, 5) is 24.3. The lowest BCUT2D eigenvalue weighted by Gasteiger charge is -2.31. The Morgan fingerprint density at radius 1 is 1.37 bits per heavy atom. The largest absolute Gasteiger partial charge is 0.481 e. The number of nitrogens with two attached hydrogens (primary N) is 1. The summed E-state index contributed by atoms with van der Waals surface area (Å²) >= 11 is 3.39. The van der Waals surface area contributed by atoms with E-state index in [1.54, 1.807) is 11.0 Å². The van der Waals surface area contributed by atoms with Crippen LogP contribution < -0.4 is 10.6 Å². The van der Waals surface area contributed by atoms with Gasteiger partial charge in [-0.3, -0.25) is 9.59 Å². The van der Waals surface area contributed by atoms with Crippen LogP contribution in [0.25, 0.3) is 0 Å². The van der Waals surface area contributed by atoms with Gasteiger partial charge in [-0.2, -0.15) is 0 Å². The average Bonchev–Trinajstić information content (AvgIpc) is 2.34. The maximum atomic E-state index is 12.1. The molecule has 0 bridgehead atoms. The Balaban J connectivity index is 2.26. The molecule has 0 saturated heterocycles. The minimum Gasteiger partial charge on any atom is -0.481 e. The number of carboxylic acids is 1. The van der Waals surface area contributed by atoms with Gasteiger partial charge in [-0.25, -0.2) is 0 Å². The number of benzene rings is 1. The summed E-state index contributed by atoms with van der Waals surface area (Å²) in [6.45, 7) is 0.595. The number of nitrogens with zero attached hydrogens (tertiary/aromatic N) is 1. The van der Waals surface area contributed by atoms with Crippen LogP contribution in [0, 0.1) is 0 Å². The second-order valence-electron chi connectivity index (χ2n) is 4.55. The molecule has 1 heterocycles. The molecule has 0 atom stereocenters. The SMILES string of the molecule is Nc1cc(Br)cc2c1N(C(=O)CCC(=O)O)CCC2. The lowest BCUT2D eigenvalue weighted by molar-refractivity contribution is -0.138. The Labute approximate surface area is 119 Å². The summed E-state index contributed by atoms with van der Waals surface area (Å²) in [5.41, 5.74) is 8.30. The number of rotatable bonds is 3. The van der Waals surface area contributed by atoms with Crippen molar-refractivity contribution in [1.29, 1.82) is 0 Å². The van der Waals surface area contributed by atoms with Gasteiger partial charge in [0, 0.05) is 17.4 Å². The second kappa shape index (κ2) is 5.61. The van der Waals surface area contributed by atoms with E-state index < -0.39 is 5.97 Å². The van der Waals surface area contributed by atoms with Gasteiger partial charge in [0.15, 0.2) is 0 Å². The van der Waals surface area contributed by atoms with Gasteiger partial charge < -0.3 is 15.7 Å². The third-order valence-corrected chi connectivity index (χ3v) is 3.59. The molecule has 19 heavy (non-hydrogen) atoms. The molecule has 0 radical (unpaired) electrons. The highest BCUT2D eigenvalue weighted by Gasteiger charge is 2.25. The fourth-order valence-electron chi connectivity index (χ4n) is 2.34. The maximum absolute atomic E-state index is 12.1. The van der Waals surface area contributed by atoms with Crippen molar-refractivity contribution in [2.24, 2.45) is 0 Å². The van der Waals surface area contributed by atoms with Crippen LogP contribution in [0.2, 0.25) is 0 Å². The first-order valence-electron chi connectivity index (χ1n) is 6.09. The zero-order valence-electron chi connectivity index (χ0n) is 10.4. The molecule has 0 aliphatic carbocycles. The minimum absolute atomic E-state index is 0.00424. The van der Waals surface area contributed by atoms with E-state index in [-0.39, 0.29) is 18.7 Å². The van der Waals surface area contributed by atoms with E-state index in [9.17, 15) is 9.59 Å². The number of carboxylic acid groups (broad SMARTS) is 1. The second-order valence-corrected chi connectivity index (χ2v) is 5.46. The van der Waals surface area contributed by atoms with Crippen molar-refractivity contribution in [3.8, 4) is 0 Å². The summed E-state index contributed by atoms with van der Waals surface area (Å²) in [7, 11) is 0. The summed E-state index contributed by atoms with van der Waals surface area (Å²) < 4.78 is 0.892. The average molecular weight is 327 g/mol. The van der Waals surface area contributed by atoms with E-state index >= 15 is 0 Å². The molecule has 1 aromatic rings. The molecule has 102 valence electrons. The van der Waals surface area contributed by atoms with E-state index in [0.717, 1.165) is 28.6 Å². The third-order valence-electron chi connectivity index (χ3n) is 3.13. The molecule has 0 aromatic heterocycles. The molecule has 2 rings (SSSR count). The number of aliphatic carboxylic acids is 1. The van der Waals surface area contributed by atoms with Crippen molar-refractivity contribution >= 4 is 39.2 Å². The van der Waals surface area contributed by atoms with Crippen molar-refractivity contribution in [3.05, 3.63) is 22.2 Å². The van der Waals surface area contributed by atoms with E-state index in [4.69, 9.17) is 10.8 Å². The molecular formula is C13H15BrN2O3. The first-order valence-corrected chi connectivity index (χ1v) is 6.88. The van der Waals surface area contributed by atoms with Crippen LogP contribution in [0.5, 0.6) is 0 Å². The van der Waals surface area contributed by atoms with E-state index in [2.05, 4.69) is 15.9 Å². The van der Waals surface area contributed by atoms with Gasteiger partial charge in [0.25, 0.3) is 0 Å². The van der Waals surface area contributed by atoms with Crippen molar-refractivity contribution in [2.75, 3.05) is 17.2 Å². The number of carbonyl (C=O) groups is 2. The van der Waals surface area contributed by atoms with E-state index in [1.165, 1.54) is 0 Å². The first kappa shape index (κ1) is 13.9. The van der Waals surface area contributed by atoms with Crippen LogP contribution in [0.3, 0.4) is 0 Å². The van der Waals surface area contributed by atoms with Crippen LogP contribution in [-0.4, -0.2) is 23.5 Å². The Morgan fingerprint density at radius 3 is 2.79 bits per heavy atom. The molecule has 0 spiro atoms. The maximum Gasteiger partial charge on any atom is 0.303 e. The highest BCUT2D eigenvalue weighted by Crippen LogP contribution is 2.36. The molecular weight excluding hydrogens is 312 g/mol. The molecule has 1 aliphatic rings. The first-order chi connectivity index (χ1) is 8.99. The topological polar surface area (TPSA) is 83.6 Å². The van der Waals surface area contributed by atoms with E-state index in [1.807, 2.05) is 6.07 Å². The number of halogens is 1. The van der Waals surface area contributed by atoms with Gasteiger partial charge in [-0.1, -0.05) is 15.9 Å². The van der Waals surface area contributed by atoms with E-state index in [0.29, 0.717) is 12.2 Å². The Bertz CT molecular complexity index is 531. The number of aryl methyl sites for hydroxylation is 1. The number of anilines is 2. The Kier molecular flexibility index (Phi) is 4.09. The summed E-state index contributed by atoms with van der Waals surface area (Å²) in [5, 5.41) is 8.65. The monoisotopic (exact) mass is 326 g/mol. The van der Waals surface area contributed by atoms with Gasteiger partial charge in [-0.05, 0) is 30.5 Å². The van der Waals surface area contributed by atoms with Crippen LogP contribution >= 0.6 is 15.9 Å². The number of carbonyl (C=O) groups excluding carboxylic acids is 1. The molecule has 6 heteroatoms. The van der Waals surface area contributed by atoms with Crippen LogP contribution in [0.1, 0.15) is 24.8 Å².